The summed E-state index contributed by atoms with van der Waals surface area (Å²) in [7, 11) is 1.20. The lowest BCUT2D eigenvalue weighted by Crippen LogP contribution is -2.31. The lowest BCUT2D eigenvalue weighted by molar-refractivity contribution is -0.119. The fourth-order valence-corrected chi connectivity index (χ4v) is 1.28. The van der Waals surface area contributed by atoms with Crippen LogP contribution < -0.4 is 4.90 Å². The van der Waals surface area contributed by atoms with Crippen molar-refractivity contribution in [1.82, 2.24) is 0 Å². The molecule has 1 aromatic carbocycles. The Morgan fingerprint density at radius 2 is 2.00 bits per heavy atom. The molecule has 6 heteroatoms. The van der Waals surface area contributed by atoms with Gasteiger partial charge in [0.25, 0.3) is 0 Å². The van der Waals surface area contributed by atoms with Gasteiger partial charge in [0.05, 0.1) is 11.3 Å². The quantitative estimate of drug-likeness (QED) is 0.733. The molecule has 0 atom stereocenters. The van der Waals surface area contributed by atoms with Crippen LogP contribution in [-0.2, 0) is 0 Å². The molecule has 2 nitrogen and oxygen atoms in total. The van der Waals surface area contributed by atoms with Gasteiger partial charge in [0.2, 0.25) is 0 Å². The number of halogens is 4. The van der Waals surface area contributed by atoms with E-state index in [9.17, 15) is 17.6 Å². The number of anilines is 1. The van der Waals surface area contributed by atoms with Crippen LogP contribution in [0.5, 0.6) is 0 Å². The monoisotopic (exact) mass is 232 g/mol. The fraction of sp³-hybridized carbons (Fsp3) is 0.300. The van der Waals surface area contributed by atoms with Crippen molar-refractivity contribution >= 4 is 5.69 Å². The molecular weight excluding hydrogens is 224 g/mol. The van der Waals surface area contributed by atoms with Gasteiger partial charge in [-0.3, -0.25) is 0 Å². The predicted octanol–water partition coefficient (Wildman–Crippen LogP) is 2.70. The summed E-state index contributed by atoms with van der Waals surface area (Å²) in [6.07, 6.45) is -4.37. The fourth-order valence-electron chi connectivity index (χ4n) is 1.28. The molecule has 0 N–H and O–H groups in total. The highest BCUT2D eigenvalue weighted by Gasteiger charge is 2.30. The van der Waals surface area contributed by atoms with Gasteiger partial charge < -0.3 is 4.90 Å². The van der Waals surface area contributed by atoms with E-state index in [-0.39, 0.29) is 11.3 Å². The van der Waals surface area contributed by atoms with Crippen molar-refractivity contribution in [2.75, 3.05) is 18.5 Å². The van der Waals surface area contributed by atoms with Crippen LogP contribution >= 0.6 is 0 Å². The standard InChI is InChI=1S/C10H8F4N2/c1-16(6-10(12,13)14)9-3-2-8(11)4-7(9)5-15/h2-4H,6H2,1H3. The number of hydrogen-bond acceptors (Lipinski definition) is 2. The van der Waals surface area contributed by atoms with Crippen LogP contribution in [0.25, 0.3) is 0 Å². The molecule has 0 amide bonds. The first-order valence-corrected chi connectivity index (χ1v) is 4.31. The molecule has 0 saturated carbocycles. The van der Waals surface area contributed by atoms with Crippen molar-refractivity contribution < 1.29 is 17.6 Å². The van der Waals surface area contributed by atoms with Crippen molar-refractivity contribution in [3.8, 4) is 6.07 Å². The van der Waals surface area contributed by atoms with Crippen LogP contribution in [0.15, 0.2) is 18.2 Å². The Morgan fingerprint density at radius 1 is 1.38 bits per heavy atom. The third-order valence-electron chi connectivity index (χ3n) is 1.91. The summed E-state index contributed by atoms with van der Waals surface area (Å²) in [5.41, 5.74) is -0.0621. The van der Waals surface area contributed by atoms with Crippen LogP contribution in [0.3, 0.4) is 0 Å². The molecule has 86 valence electrons. The van der Waals surface area contributed by atoms with Gasteiger partial charge in [-0.1, -0.05) is 0 Å². The third-order valence-corrected chi connectivity index (χ3v) is 1.91. The lowest BCUT2D eigenvalue weighted by atomic mass is 10.1. The third kappa shape index (κ3) is 3.12. The van der Waals surface area contributed by atoms with Crippen LogP contribution in [0, 0.1) is 17.1 Å². The number of benzene rings is 1. The molecule has 0 fully saturated rings. The molecule has 0 aromatic heterocycles. The lowest BCUT2D eigenvalue weighted by Gasteiger charge is -2.21. The molecule has 0 radical (unpaired) electrons. The van der Waals surface area contributed by atoms with E-state index >= 15 is 0 Å². The van der Waals surface area contributed by atoms with Gasteiger partial charge >= 0.3 is 6.18 Å². The molecule has 0 spiro atoms. The summed E-state index contributed by atoms with van der Waals surface area (Å²) in [5.74, 6) is -0.652. The molecule has 0 bridgehead atoms. The molecule has 0 aliphatic carbocycles. The Balaban J connectivity index is 3.00. The number of nitrogens with zero attached hydrogens (tertiary/aromatic N) is 2. The van der Waals surface area contributed by atoms with E-state index in [0.29, 0.717) is 0 Å². The molecule has 1 rings (SSSR count). The maximum atomic E-state index is 12.7. The summed E-state index contributed by atoms with van der Waals surface area (Å²) >= 11 is 0. The highest BCUT2D eigenvalue weighted by Crippen LogP contribution is 2.24. The van der Waals surface area contributed by atoms with E-state index in [2.05, 4.69) is 0 Å². The maximum Gasteiger partial charge on any atom is 0.405 e. The smallest absolute Gasteiger partial charge is 0.365 e. The second-order valence-electron chi connectivity index (χ2n) is 3.24. The molecule has 16 heavy (non-hydrogen) atoms. The summed E-state index contributed by atoms with van der Waals surface area (Å²) in [5, 5.41) is 8.67. The van der Waals surface area contributed by atoms with Crippen molar-refractivity contribution in [3.63, 3.8) is 0 Å². The van der Waals surface area contributed by atoms with Gasteiger partial charge in [-0.25, -0.2) is 4.39 Å². The average molecular weight is 232 g/mol. The van der Waals surface area contributed by atoms with Crippen molar-refractivity contribution in [3.05, 3.63) is 29.6 Å². The second kappa shape index (κ2) is 4.39. The normalized spacial score (nSPS) is 11.0. The SMILES string of the molecule is CN(CC(F)(F)F)c1ccc(F)cc1C#N. The Hall–Kier alpha value is -1.77. The van der Waals surface area contributed by atoms with Crippen LogP contribution in [0.2, 0.25) is 0 Å². The molecular formula is C10H8F4N2. The summed E-state index contributed by atoms with van der Waals surface area (Å²) in [6.45, 7) is -1.19. The van der Waals surface area contributed by atoms with E-state index in [1.165, 1.54) is 7.05 Å². The van der Waals surface area contributed by atoms with Gasteiger partial charge in [0.15, 0.2) is 0 Å². The highest BCUT2D eigenvalue weighted by molar-refractivity contribution is 5.59. The zero-order valence-electron chi connectivity index (χ0n) is 8.35. The largest absolute Gasteiger partial charge is 0.405 e. The van der Waals surface area contributed by atoms with Crippen molar-refractivity contribution in [2.45, 2.75) is 6.18 Å². The minimum absolute atomic E-state index is 0.0567. The number of hydrogen-bond donors (Lipinski definition) is 0. The first-order chi connectivity index (χ1) is 7.33. The Labute approximate surface area is 89.7 Å². The van der Waals surface area contributed by atoms with Crippen LogP contribution in [-0.4, -0.2) is 19.8 Å². The minimum atomic E-state index is -4.37. The van der Waals surface area contributed by atoms with Crippen LogP contribution in [0.1, 0.15) is 5.56 Å². The second-order valence-corrected chi connectivity index (χ2v) is 3.24. The zero-order valence-corrected chi connectivity index (χ0v) is 8.35. The van der Waals surface area contributed by atoms with Crippen LogP contribution in [0.4, 0.5) is 23.2 Å². The first-order valence-electron chi connectivity index (χ1n) is 4.31. The van der Waals surface area contributed by atoms with Gasteiger partial charge in [-0.15, -0.1) is 0 Å². The molecule has 0 heterocycles. The van der Waals surface area contributed by atoms with E-state index in [0.717, 1.165) is 23.1 Å². The predicted molar refractivity (Wildman–Crippen MR) is 50.4 cm³/mol. The van der Waals surface area contributed by atoms with E-state index in [1.54, 1.807) is 6.07 Å². The van der Waals surface area contributed by atoms with Gasteiger partial charge in [0.1, 0.15) is 18.4 Å². The maximum absolute atomic E-state index is 12.7. The Kier molecular flexibility index (Phi) is 3.38. The number of alkyl halides is 3. The molecule has 1 aromatic rings. The number of rotatable bonds is 2. The Bertz CT molecular complexity index is 420. The summed E-state index contributed by atoms with van der Waals surface area (Å²) in [6, 6.07) is 4.73. The number of nitriles is 1. The molecule has 0 saturated heterocycles. The van der Waals surface area contributed by atoms with Gasteiger partial charge in [-0.05, 0) is 18.2 Å². The van der Waals surface area contributed by atoms with E-state index in [1.807, 2.05) is 0 Å². The molecule has 0 aliphatic rings. The first kappa shape index (κ1) is 12.3. The summed E-state index contributed by atoms with van der Waals surface area (Å²) in [4.78, 5) is 0.859. The van der Waals surface area contributed by atoms with Crippen molar-refractivity contribution in [2.24, 2.45) is 0 Å². The summed E-state index contributed by atoms with van der Waals surface area (Å²) < 4.78 is 49.1. The zero-order chi connectivity index (χ0) is 12.3. The van der Waals surface area contributed by atoms with Gasteiger partial charge in [0, 0.05) is 7.05 Å². The van der Waals surface area contributed by atoms with Crippen molar-refractivity contribution in [1.29, 1.82) is 5.26 Å². The topological polar surface area (TPSA) is 27.0 Å². The molecule has 0 aliphatic heterocycles. The van der Waals surface area contributed by atoms with Gasteiger partial charge in [-0.2, -0.15) is 18.4 Å². The minimum Gasteiger partial charge on any atom is -0.365 e. The molecule has 0 unspecified atom stereocenters. The Morgan fingerprint density at radius 3 is 2.50 bits per heavy atom. The van der Waals surface area contributed by atoms with E-state index in [4.69, 9.17) is 5.26 Å². The average Bonchev–Trinajstić information content (AvgIpc) is 2.14. The highest BCUT2D eigenvalue weighted by atomic mass is 19.4. The van der Waals surface area contributed by atoms with E-state index < -0.39 is 18.5 Å².